The molecule has 0 aliphatic carbocycles. The van der Waals surface area contributed by atoms with Crippen molar-refractivity contribution in [2.45, 2.75) is 71.4 Å². The quantitative estimate of drug-likeness (QED) is 0.131. The number of benzene rings is 3. The summed E-state index contributed by atoms with van der Waals surface area (Å²) in [5.74, 6) is 0.0309. The van der Waals surface area contributed by atoms with Gasteiger partial charge in [0.05, 0.1) is 0 Å². The Morgan fingerprint density at radius 3 is 2.09 bits per heavy atom. The van der Waals surface area contributed by atoms with Crippen molar-refractivity contribution in [1.29, 1.82) is 0 Å². The van der Waals surface area contributed by atoms with Crippen molar-refractivity contribution in [3.8, 4) is 0 Å². The van der Waals surface area contributed by atoms with Crippen LogP contribution in [-0.4, -0.2) is 53.8 Å². The predicted octanol–water partition coefficient (Wildman–Crippen LogP) is 7.58. The topological polar surface area (TPSA) is 59.7 Å². The highest BCUT2D eigenvalue weighted by atomic mass is 16.2. The van der Waals surface area contributed by atoms with Crippen molar-refractivity contribution < 1.29 is 9.59 Å². The molecule has 0 radical (unpaired) electrons. The van der Waals surface area contributed by atoms with Crippen molar-refractivity contribution in [3.63, 3.8) is 0 Å². The number of carbonyl (C=O) groups excluding carboxylic acids is 2. The number of anilines is 1. The molecule has 6 nitrogen and oxygen atoms in total. The third kappa shape index (κ3) is 9.74. The number of nitrogens with zero attached hydrogens (tertiary/aromatic N) is 3. The van der Waals surface area contributed by atoms with E-state index in [4.69, 9.17) is 0 Å². The van der Waals surface area contributed by atoms with Crippen LogP contribution in [0.2, 0.25) is 0 Å². The van der Waals surface area contributed by atoms with E-state index in [1.165, 1.54) is 30.2 Å². The average molecular weight is 581 g/mol. The van der Waals surface area contributed by atoms with Crippen LogP contribution >= 0.6 is 0 Å². The second-order valence-electron chi connectivity index (χ2n) is 11.7. The van der Waals surface area contributed by atoms with Gasteiger partial charge in [-0.15, -0.1) is 0 Å². The summed E-state index contributed by atoms with van der Waals surface area (Å²) in [6, 6.07) is 26.6. The van der Waals surface area contributed by atoms with Crippen molar-refractivity contribution in [3.05, 3.63) is 102 Å². The normalized spacial score (nSPS) is 11.0. The molecule has 6 heteroatoms. The highest BCUT2D eigenvalue weighted by molar-refractivity contribution is 5.85. The van der Waals surface area contributed by atoms with Gasteiger partial charge in [0.15, 0.2) is 0 Å². The highest BCUT2D eigenvalue weighted by Gasteiger charge is 2.22. The van der Waals surface area contributed by atoms with Crippen LogP contribution in [0.15, 0.2) is 85.1 Å². The fourth-order valence-electron chi connectivity index (χ4n) is 5.52. The molecule has 0 aliphatic heterocycles. The van der Waals surface area contributed by atoms with Gasteiger partial charge >= 0.3 is 0 Å². The maximum Gasteiger partial charge on any atom is 0.242 e. The highest BCUT2D eigenvalue weighted by Crippen LogP contribution is 2.20. The number of rotatable bonds is 17. The number of nitrogens with one attached hydrogen (secondary N) is 1. The van der Waals surface area contributed by atoms with E-state index >= 15 is 0 Å². The van der Waals surface area contributed by atoms with Crippen LogP contribution in [0, 0.1) is 0 Å². The molecule has 43 heavy (non-hydrogen) atoms. The number of aromatic nitrogens is 1. The van der Waals surface area contributed by atoms with Gasteiger partial charge in [0, 0.05) is 62.9 Å². The Morgan fingerprint density at radius 1 is 0.698 bits per heavy atom. The summed E-state index contributed by atoms with van der Waals surface area (Å²) >= 11 is 0. The van der Waals surface area contributed by atoms with E-state index in [0.29, 0.717) is 26.1 Å². The van der Waals surface area contributed by atoms with Crippen LogP contribution in [0.3, 0.4) is 0 Å². The second kappa shape index (κ2) is 16.5. The van der Waals surface area contributed by atoms with Gasteiger partial charge in [-0.3, -0.25) is 9.59 Å². The summed E-state index contributed by atoms with van der Waals surface area (Å²) in [4.78, 5) is 36.6. The Hall–Kier alpha value is -4.06. The average Bonchev–Trinajstić information content (AvgIpc) is 3.44. The molecule has 0 atom stereocenters. The molecule has 2 amide bonds. The Labute approximate surface area is 257 Å². The maximum atomic E-state index is 14.0. The zero-order valence-electron chi connectivity index (χ0n) is 26.2. The molecule has 0 bridgehead atoms. The Kier molecular flexibility index (Phi) is 12.3. The first-order valence-corrected chi connectivity index (χ1v) is 15.9. The first-order chi connectivity index (χ1) is 20.9. The van der Waals surface area contributed by atoms with Gasteiger partial charge in [-0.05, 0) is 47.7 Å². The van der Waals surface area contributed by atoms with E-state index in [1.54, 1.807) is 4.90 Å². The number of fused-ring (bicyclic) bond motifs is 1. The van der Waals surface area contributed by atoms with Gasteiger partial charge in [-0.1, -0.05) is 99.7 Å². The molecule has 228 valence electrons. The van der Waals surface area contributed by atoms with Crippen LogP contribution in [-0.2, 0) is 29.1 Å². The lowest BCUT2D eigenvalue weighted by molar-refractivity contribution is -0.141. The largest absolute Gasteiger partial charge is 0.378 e. The minimum absolute atomic E-state index is 0.0243. The predicted molar refractivity (Wildman–Crippen MR) is 178 cm³/mol. The standard InChI is InChI=1S/C37H48N4O2/c1-4-5-6-7-8-12-19-36(42)41(28-30-15-10-9-11-16-30)29-37(43)40(27-31-20-22-33(23-21-31)39(2)3)25-24-32-26-38-35-18-14-13-17-34(32)35/h9-11,13-18,20-23,26,38H,4-8,12,19,24-25,27-29H2,1-3H3. The summed E-state index contributed by atoms with van der Waals surface area (Å²) in [6.45, 7) is 3.80. The number of H-pyrrole nitrogens is 1. The molecule has 0 saturated heterocycles. The Morgan fingerprint density at radius 2 is 1.35 bits per heavy atom. The van der Waals surface area contributed by atoms with Crippen LogP contribution < -0.4 is 4.90 Å². The molecule has 1 N–H and O–H groups in total. The lowest BCUT2D eigenvalue weighted by Crippen LogP contribution is -2.43. The van der Waals surface area contributed by atoms with Crippen molar-refractivity contribution >= 4 is 28.4 Å². The number of unbranched alkanes of at least 4 members (excludes halogenated alkanes) is 5. The summed E-state index contributed by atoms with van der Waals surface area (Å²) < 4.78 is 0. The Bertz CT molecular complexity index is 1410. The summed E-state index contributed by atoms with van der Waals surface area (Å²) in [5.41, 5.74) is 5.53. The van der Waals surface area contributed by atoms with E-state index in [2.05, 4.69) is 53.2 Å². The number of hydrogen-bond acceptors (Lipinski definition) is 3. The van der Waals surface area contributed by atoms with E-state index < -0.39 is 0 Å². The lowest BCUT2D eigenvalue weighted by atomic mass is 10.1. The van der Waals surface area contributed by atoms with Gasteiger partial charge < -0.3 is 19.7 Å². The molecule has 3 aromatic carbocycles. The fraction of sp³-hybridized carbons (Fsp3) is 0.405. The number of hydrogen-bond donors (Lipinski definition) is 1. The number of aromatic amines is 1. The van der Waals surface area contributed by atoms with Gasteiger partial charge in [0.1, 0.15) is 6.54 Å². The number of carbonyl (C=O) groups is 2. The van der Waals surface area contributed by atoms with Crippen LogP contribution in [0.5, 0.6) is 0 Å². The molecular weight excluding hydrogens is 532 g/mol. The third-order valence-corrected chi connectivity index (χ3v) is 8.14. The van der Waals surface area contributed by atoms with Crippen molar-refractivity contribution in [2.75, 3.05) is 32.1 Å². The zero-order valence-corrected chi connectivity index (χ0v) is 26.2. The van der Waals surface area contributed by atoms with Crippen LogP contribution in [0.4, 0.5) is 5.69 Å². The fourth-order valence-corrected chi connectivity index (χ4v) is 5.52. The Balaban J connectivity index is 1.49. The van der Waals surface area contributed by atoms with E-state index in [9.17, 15) is 9.59 Å². The maximum absolute atomic E-state index is 14.0. The van der Waals surface area contributed by atoms with E-state index in [1.807, 2.05) is 67.7 Å². The monoisotopic (exact) mass is 580 g/mol. The molecule has 1 aromatic heterocycles. The lowest BCUT2D eigenvalue weighted by Gasteiger charge is -2.28. The molecule has 0 aliphatic rings. The molecule has 0 saturated carbocycles. The van der Waals surface area contributed by atoms with E-state index in [-0.39, 0.29) is 18.4 Å². The molecule has 1 heterocycles. The third-order valence-electron chi connectivity index (χ3n) is 8.14. The summed E-state index contributed by atoms with van der Waals surface area (Å²) in [5, 5.41) is 1.19. The molecule has 0 unspecified atom stereocenters. The number of para-hydroxylation sites is 1. The van der Waals surface area contributed by atoms with Gasteiger partial charge in [-0.2, -0.15) is 0 Å². The smallest absolute Gasteiger partial charge is 0.242 e. The van der Waals surface area contributed by atoms with Gasteiger partial charge in [0.25, 0.3) is 0 Å². The van der Waals surface area contributed by atoms with Gasteiger partial charge in [0.2, 0.25) is 11.8 Å². The summed E-state index contributed by atoms with van der Waals surface area (Å²) in [7, 11) is 4.05. The summed E-state index contributed by atoms with van der Waals surface area (Å²) in [6.07, 6.45) is 10.0. The van der Waals surface area contributed by atoms with E-state index in [0.717, 1.165) is 48.0 Å². The minimum atomic E-state index is -0.0243. The second-order valence-corrected chi connectivity index (χ2v) is 11.7. The SMILES string of the molecule is CCCCCCCCC(=O)N(CC(=O)N(CCc1c[nH]c2ccccc12)Cc1ccc(N(C)C)cc1)Cc1ccccc1. The molecular formula is C37H48N4O2. The molecule has 0 spiro atoms. The molecule has 0 fully saturated rings. The minimum Gasteiger partial charge on any atom is -0.378 e. The zero-order chi connectivity index (χ0) is 30.4. The molecule has 4 rings (SSSR count). The van der Waals surface area contributed by atoms with Gasteiger partial charge in [-0.25, -0.2) is 0 Å². The van der Waals surface area contributed by atoms with Crippen molar-refractivity contribution in [1.82, 2.24) is 14.8 Å². The first kappa shape index (κ1) is 31.9. The van der Waals surface area contributed by atoms with Crippen LogP contribution in [0.1, 0.15) is 68.6 Å². The number of amides is 2. The van der Waals surface area contributed by atoms with Crippen LogP contribution in [0.25, 0.3) is 10.9 Å². The van der Waals surface area contributed by atoms with Crippen molar-refractivity contribution in [2.24, 2.45) is 0 Å². The molecule has 4 aromatic rings. The first-order valence-electron chi connectivity index (χ1n) is 15.9.